The summed E-state index contributed by atoms with van der Waals surface area (Å²) < 4.78 is 1.60. The first kappa shape index (κ1) is 8.54. The molecule has 0 amide bonds. The Morgan fingerprint density at radius 1 is 1.64 bits per heavy atom. The van der Waals surface area contributed by atoms with Gasteiger partial charge in [-0.1, -0.05) is 0 Å². The second-order valence-corrected chi connectivity index (χ2v) is 2.83. The summed E-state index contributed by atoms with van der Waals surface area (Å²) in [4.78, 5) is 11.0. The zero-order valence-corrected chi connectivity index (χ0v) is 7.51. The Morgan fingerprint density at radius 3 is 3.07 bits per heavy atom. The van der Waals surface area contributed by atoms with E-state index in [-0.39, 0.29) is 5.78 Å². The molecule has 14 heavy (non-hydrogen) atoms. The van der Waals surface area contributed by atoms with Crippen molar-refractivity contribution < 1.29 is 4.79 Å². The molecule has 2 aromatic heterocycles. The van der Waals surface area contributed by atoms with Gasteiger partial charge in [-0.15, -0.1) is 5.10 Å². The molecule has 7 nitrogen and oxygen atoms in total. The number of hydrogen-bond donors (Lipinski definition) is 1. The van der Waals surface area contributed by atoms with Crippen molar-refractivity contribution in [2.24, 2.45) is 0 Å². The van der Waals surface area contributed by atoms with Gasteiger partial charge in [0.05, 0.1) is 11.8 Å². The number of rotatable bonds is 3. The molecule has 2 heterocycles. The van der Waals surface area contributed by atoms with Gasteiger partial charge in [0.15, 0.2) is 11.6 Å². The highest BCUT2D eigenvalue weighted by atomic mass is 16.1. The first-order valence-corrected chi connectivity index (χ1v) is 4.01. The van der Waals surface area contributed by atoms with Gasteiger partial charge >= 0.3 is 0 Å². The van der Waals surface area contributed by atoms with Crippen molar-refractivity contribution in [2.45, 2.75) is 13.5 Å². The number of Topliss-reactive ketones (excluding diaryl/α,β-unsaturated/α-hetero) is 1. The van der Waals surface area contributed by atoms with Crippen LogP contribution in [0.3, 0.4) is 0 Å². The number of carbonyl (C=O) groups excluding carboxylic acids is 1. The molecule has 0 bridgehead atoms. The standard InChI is InChI=1S/C7H8N6O/c1-5(14)6-2-8-13(3-6)4-7-9-11-12-10-7/h2-3H,4H2,1H3,(H,9,10,11,12). The third-order valence-corrected chi connectivity index (χ3v) is 1.74. The third-order valence-electron chi connectivity index (χ3n) is 1.74. The number of carbonyl (C=O) groups is 1. The molecule has 0 saturated heterocycles. The maximum atomic E-state index is 11.0. The number of nitrogens with zero attached hydrogens (tertiary/aromatic N) is 5. The Hall–Kier alpha value is -2.05. The molecule has 0 radical (unpaired) electrons. The number of tetrazole rings is 1. The summed E-state index contributed by atoms with van der Waals surface area (Å²) in [5.41, 5.74) is 0.581. The van der Waals surface area contributed by atoms with Gasteiger partial charge in [0.1, 0.15) is 6.54 Å². The minimum atomic E-state index is -0.00746. The lowest BCUT2D eigenvalue weighted by molar-refractivity contribution is 0.101. The van der Waals surface area contributed by atoms with E-state index in [1.807, 2.05) is 0 Å². The molecule has 0 aliphatic carbocycles. The number of aromatic amines is 1. The fraction of sp³-hybridized carbons (Fsp3) is 0.286. The van der Waals surface area contributed by atoms with Crippen molar-refractivity contribution in [3.05, 3.63) is 23.8 Å². The Balaban J connectivity index is 2.14. The van der Waals surface area contributed by atoms with E-state index < -0.39 is 0 Å². The summed E-state index contributed by atoms with van der Waals surface area (Å²) in [6.07, 6.45) is 3.18. The molecular formula is C7H8N6O. The van der Waals surface area contributed by atoms with Crippen molar-refractivity contribution in [3.8, 4) is 0 Å². The van der Waals surface area contributed by atoms with Crippen molar-refractivity contribution >= 4 is 5.78 Å². The molecule has 0 aliphatic rings. The molecule has 2 aromatic rings. The Kier molecular flexibility index (Phi) is 2.05. The highest BCUT2D eigenvalue weighted by Crippen LogP contribution is 1.99. The second kappa shape index (κ2) is 3.36. The molecule has 1 N–H and O–H groups in total. The zero-order chi connectivity index (χ0) is 9.97. The number of H-pyrrole nitrogens is 1. The number of aromatic nitrogens is 6. The van der Waals surface area contributed by atoms with Gasteiger partial charge in [-0.3, -0.25) is 9.48 Å². The van der Waals surface area contributed by atoms with Crippen LogP contribution in [-0.2, 0) is 6.54 Å². The highest BCUT2D eigenvalue weighted by molar-refractivity contribution is 5.93. The van der Waals surface area contributed by atoms with Crippen molar-refractivity contribution in [1.82, 2.24) is 30.4 Å². The molecule has 0 aromatic carbocycles. The smallest absolute Gasteiger partial charge is 0.170 e. The van der Waals surface area contributed by atoms with Crippen molar-refractivity contribution in [3.63, 3.8) is 0 Å². The quantitative estimate of drug-likeness (QED) is 0.671. The summed E-state index contributed by atoms with van der Waals surface area (Å²) in [5.74, 6) is 0.593. The van der Waals surface area contributed by atoms with E-state index in [0.717, 1.165) is 0 Å². The molecular weight excluding hydrogens is 184 g/mol. The normalized spacial score (nSPS) is 10.4. The van der Waals surface area contributed by atoms with Gasteiger partial charge < -0.3 is 0 Å². The maximum absolute atomic E-state index is 11.0. The summed E-state index contributed by atoms with van der Waals surface area (Å²) in [5, 5.41) is 17.2. The van der Waals surface area contributed by atoms with Crippen LogP contribution >= 0.6 is 0 Å². The first-order chi connectivity index (χ1) is 6.75. The predicted molar refractivity (Wildman–Crippen MR) is 45.5 cm³/mol. The van der Waals surface area contributed by atoms with Crippen molar-refractivity contribution in [2.75, 3.05) is 0 Å². The summed E-state index contributed by atoms with van der Waals surface area (Å²) in [6, 6.07) is 0. The molecule has 0 unspecified atom stereocenters. The van der Waals surface area contributed by atoms with E-state index >= 15 is 0 Å². The van der Waals surface area contributed by atoms with E-state index in [1.54, 1.807) is 10.9 Å². The van der Waals surface area contributed by atoms with Crippen LogP contribution in [0.25, 0.3) is 0 Å². The summed E-state index contributed by atoms with van der Waals surface area (Å²) >= 11 is 0. The Morgan fingerprint density at radius 2 is 2.50 bits per heavy atom. The molecule has 0 atom stereocenters. The van der Waals surface area contributed by atoms with E-state index in [9.17, 15) is 4.79 Å². The van der Waals surface area contributed by atoms with Gasteiger partial charge in [-0.25, -0.2) is 5.10 Å². The van der Waals surface area contributed by atoms with Crippen LogP contribution in [0.2, 0.25) is 0 Å². The summed E-state index contributed by atoms with van der Waals surface area (Å²) in [7, 11) is 0. The molecule has 0 aliphatic heterocycles. The highest BCUT2D eigenvalue weighted by Gasteiger charge is 2.04. The van der Waals surface area contributed by atoms with E-state index in [4.69, 9.17) is 0 Å². The number of ketones is 1. The Labute approximate surface area is 79.1 Å². The van der Waals surface area contributed by atoms with Crippen LogP contribution < -0.4 is 0 Å². The lowest BCUT2D eigenvalue weighted by atomic mass is 10.3. The van der Waals surface area contributed by atoms with Gasteiger partial charge in [0.25, 0.3) is 0 Å². The van der Waals surface area contributed by atoms with Gasteiger partial charge in [-0.05, 0) is 17.4 Å². The largest absolute Gasteiger partial charge is 0.294 e. The molecule has 0 saturated carbocycles. The first-order valence-electron chi connectivity index (χ1n) is 4.01. The average Bonchev–Trinajstić information content (AvgIpc) is 2.75. The number of hydrogen-bond acceptors (Lipinski definition) is 5. The van der Waals surface area contributed by atoms with Crippen LogP contribution in [0.4, 0.5) is 0 Å². The lowest BCUT2D eigenvalue weighted by Crippen LogP contribution is -2.02. The minimum absolute atomic E-state index is 0.00746. The summed E-state index contributed by atoms with van der Waals surface area (Å²) in [6.45, 7) is 1.93. The van der Waals surface area contributed by atoms with E-state index in [1.165, 1.54) is 13.1 Å². The predicted octanol–water partition coefficient (Wildman–Crippen LogP) is -0.353. The maximum Gasteiger partial charge on any atom is 0.170 e. The fourth-order valence-corrected chi connectivity index (χ4v) is 1.03. The lowest BCUT2D eigenvalue weighted by Gasteiger charge is -1.94. The topological polar surface area (TPSA) is 89.3 Å². The van der Waals surface area contributed by atoms with Gasteiger partial charge in [-0.2, -0.15) is 5.10 Å². The van der Waals surface area contributed by atoms with Gasteiger partial charge in [0, 0.05) is 6.20 Å². The minimum Gasteiger partial charge on any atom is -0.294 e. The zero-order valence-electron chi connectivity index (χ0n) is 7.51. The van der Waals surface area contributed by atoms with Gasteiger partial charge in [0.2, 0.25) is 0 Å². The SMILES string of the molecule is CC(=O)c1cnn(Cc2nnn[nH]2)c1. The van der Waals surface area contributed by atoms with Crippen LogP contribution in [0.15, 0.2) is 12.4 Å². The molecule has 2 rings (SSSR count). The van der Waals surface area contributed by atoms with Crippen LogP contribution in [0.5, 0.6) is 0 Å². The van der Waals surface area contributed by atoms with Crippen LogP contribution in [0, 0.1) is 0 Å². The molecule has 7 heteroatoms. The fourth-order valence-electron chi connectivity index (χ4n) is 1.03. The van der Waals surface area contributed by atoms with Crippen LogP contribution in [-0.4, -0.2) is 36.2 Å². The molecule has 0 fully saturated rings. The second-order valence-electron chi connectivity index (χ2n) is 2.83. The monoisotopic (exact) mass is 192 g/mol. The van der Waals surface area contributed by atoms with Crippen molar-refractivity contribution in [1.29, 1.82) is 0 Å². The molecule has 0 spiro atoms. The number of nitrogens with one attached hydrogen (secondary N) is 1. The molecule has 72 valence electrons. The van der Waals surface area contributed by atoms with E-state index in [2.05, 4.69) is 25.7 Å². The Bertz CT molecular complexity index is 431. The average molecular weight is 192 g/mol. The third kappa shape index (κ3) is 1.65. The van der Waals surface area contributed by atoms with E-state index in [0.29, 0.717) is 17.9 Å². The van der Waals surface area contributed by atoms with Crippen LogP contribution in [0.1, 0.15) is 23.1 Å².